The molecule has 2 atom stereocenters. The van der Waals surface area contributed by atoms with Crippen molar-refractivity contribution in [2.75, 3.05) is 26.7 Å². The first-order chi connectivity index (χ1) is 8.66. The predicted molar refractivity (Wildman–Crippen MR) is 74.6 cm³/mol. The molecule has 2 unspecified atom stereocenters. The summed E-state index contributed by atoms with van der Waals surface area (Å²) in [6, 6.07) is 8.44. The van der Waals surface area contributed by atoms with Gasteiger partial charge in [0.2, 0.25) is 0 Å². The molecule has 18 heavy (non-hydrogen) atoms. The standard InChI is InChI=1S/C15H24N2O/c1-12-6-3-4-8-14(12)15(16)11-17(2)10-13-7-5-9-18-13/h3-4,6,8,13,15H,5,7,9-11,16H2,1-2H3. The summed E-state index contributed by atoms with van der Waals surface area (Å²) in [5.41, 5.74) is 8.81. The van der Waals surface area contributed by atoms with Crippen LogP contribution in [0.25, 0.3) is 0 Å². The van der Waals surface area contributed by atoms with Crippen LogP contribution in [-0.2, 0) is 4.74 Å². The molecule has 1 aromatic rings. The SMILES string of the molecule is Cc1ccccc1C(N)CN(C)CC1CCCO1. The first-order valence-corrected chi connectivity index (χ1v) is 6.78. The van der Waals surface area contributed by atoms with Gasteiger partial charge in [-0.05, 0) is 37.9 Å². The zero-order chi connectivity index (χ0) is 13.0. The monoisotopic (exact) mass is 248 g/mol. The number of benzene rings is 1. The minimum absolute atomic E-state index is 0.0811. The molecule has 1 fully saturated rings. The molecule has 1 heterocycles. The second-order valence-corrected chi connectivity index (χ2v) is 5.32. The highest BCUT2D eigenvalue weighted by Gasteiger charge is 2.19. The van der Waals surface area contributed by atoms with Gasteiger partial charge in [-0.2, -0.15) is 0 Å². The molecular weight excluding hydrogens is 224 g/mol. The van der Waals surface area contributed by atoms with Crippen LogP contribution in [0, 0.1) is 6.92 Å². The highest BCUT2D eigenvalue weighted by Crippen LogP contribution is 2.17. The van der Waals surface area contributed by atoms with Crippen LogP contribution in [-0.4, -0.2) is 37.7 Å². The average Bonchev–Trinajstić information content (AvgIpc) is 2.82. The van der Waals surface area contributed by atoms with Gasteiger partial charge in [-0.1, -0.05) is 24.3 Å². The Balaban J connectivity index is 1.86. The van der Waals surface area contributed by atoms with Crippen molar-refractivity contribution in [1.82, 2.24) is 4.90 Å². The maximum Gasteiger partial charge on any atom is 0.0702 e. The number of hydrogen-bond acceptors (Lipinski definition) is 3. The second kappa shape index (κ2) is 6.32. The second-order valence-electron chi connectivity index (χ2n) is 5.32. The van der Waals surface area contributed by atoms with Gasteiger partial charge in [0.1, 0.15) is 0 Å². The van der Waals surface area contributed by atoms with Crippen LogP contribution >= 0.6 is 0 Å². The lowest BCUT2D eigenvalue weighted by atomic mass is 10.0. The maximum atomic E-state index is 6.29. The van der Waals surface area contributed by atoms with Crippen molar-refractivity contribution in [2.45, 2.75) is 31.9 Å². The highest BCUT2D eigenvalue weighted by molar-refractivity contribution is 5.28. The van der Waals surface area contributed by atoms with Crippen molar-refractivity contribution in [3.63, 3.8) is 0 Å². The third-order valence-electron chi connectivity index (χ3n) is 3.64. The number of hydrogen-bond donors (Lipinski definition) is 1. The van der Waals surface area contributed by atoms with Gasteiger partial charge in [-0.3, -0.25) is 0 Å². The Labute approximate surface area is 110 Å². The molecule has 0 amide bonds. The van der Waals surface area contributed by atoms with E-state index in [1.807, 2.05) is 0 Å². The third kappa shape index (κ3) is 3.55. The lowest BCUT2D eigenvalue weighted by Crippen LogP contribution is -2.34. The molecule has 2 N–H and O–H groups in total. The summed E-state index contributed by atoms with van der Waals surface area (Å²) in [6.07, 6.45) is 2.78. The third-order valence-corrected chi connectivity index (χ3v) is 3.64. The van der Waals surface area contributed by atoms with Gasteiger partial charge in [0.25, 0.3) is 0 Å². The van der Waals surface area contributed by atoms with Crippen molar-refractivity contribution < 1.29 is 4.74 Å². The molecule has 3 nitrogen and oxygen atoms in total. The van der Waals surface area contributed by atoms with Gasteiger partial charge in [0.05, 0.1) is 6.10 Å². The Morgan fingerprint density at radius 2 is 2.22 bits per heavy atom. The zero-order valence-electron chi connectivity index (χ0n) is 11.4. The van der Waals surface area contributed by atoms with E-state index in [1.165, 1.54) is 24.0 Å². The summed E-state index contributed by atoms with van der Waals surface area (Å²) in [4.78, 5) is 2.28. The van der Waals surface area contributed by atoms with Crippen molar-refractivity contribution >= 4 is 0 Å². The van der Waals surface area contributed by atoms with Crippen LogP contribution in [0.1, 0.15) is 30.0 Å². The lowest BCUT2D eigenvalue weighted by Gasteiger charge is -2.24. The van der Waals surface area contributed by atoms with Crippen LogP contribution in [0.2, 0.25) is 0 Å². The topological polar surface area (TPSA) is 38.5 Å². The molecule has 1 saturated heterocycles. The van der Waals surface area contributed by atoms with E-state index in [0.29, 0.717) is 6.10 Å². The molecule has 1 aliphatic heterocycles. The largest absolute Gasteiger partial charge is 0.377 e. The van der Waals surface area contributed by atoms with Gasteiger partial charge >= 0.3 is 0 Å². The molecule has 1 aliphatic rings. The van der Waals surface area contributed by atoms with Gasteiger partial charge in [0, 0.05) is 25.7 Å². The Bertz CT molecular complexity index is 375. The summed E-state index contributed by atoms with van der Waals surface area (Å²) in [5, 5.41) is 0. The Kier molecular flexibility index (Phi) is 4.75. The molecule has 0 aromatic heterocycles. The average molecular weight is 248 g/mol. The molecular formula is C15H24N2O. The molecule has 2 rings (SSSR count). The van der Waals surface area contributed by atoms with E-state index in [1.54, 1.807) is 0 Å². The Hall–Kier alpha value is -0.900. The van der Waals surface area contributed by atoms with E-state index in [2.05, 4.69) is 43.1 Å². The molecule has 100 valence electrons. The Morgan fingerprint density at radius 3 is 2.89 bits per heavy atom. The fourth-order valence-corrected chi connectivity index (χ4v) is 2.65. The quantitative estimate of drug-likeness (QED) is 0.867. The molecule has 0 aliphatic carbocycles. The lowest BCUT2D eigenvalue weighted by molar-refractivity contribution is 0.0796. The van der Waals surface area contributed by atoms with Crippen molar-refractivity contribution in [1.29, 1.82) is 0 Å². The first kappa shape index (κ1) is 13.5. The van der Waals surface area contributed by atoms with E-state index < -0.39 is 0 Å². The Morgan fingerprint density at radius 1 is 1.44 bits per heavy atom. The van der Waals surface area contributed by atoms with Gasteiger partial charge in [-0.25, -0.2) is 0 Å². The molecule has 0 radical (unpaired) electrons. The number of aryl methyl sites for hydroxylation is 1. The van der Waals surface area contributed by atoms with E-state index in [0.717, 1.165) is 19.7 Å². The number of likely N-dealkylation sites (N-methyl/N-ethyl adjacent to an activating group) is 1. The fourth-order valence-electron chi connectivity index (χ4n) is 2.65. The van der Waals surface area contributed by atoms with E-state index in [4.69, 9.17) is 10.5 Å². The van der Waals surface area contributed by atoms with Crippen molar-refractivity contribution in [3.8, 4) is 0 Å². The van der Waals surface area contributed by atoms with Gasteiger partial charge in [-0.15, -0.1) is 0 Å². The number of ether oxygens (including phenoxy) is 1. The molecule has 0 bridgehead atoms. The summed E-state index contributed by atoms with van der Waals surface area (Å²) in [6.45, 7) is 4.90. The van der Waals surface area contributed by atoms with Crippen LogP contribution in [0.4, 0.5) is 0 Å². The maximum absolute atomic E-state index is 6.29. The van der Waals surface area contributed by atoms with Gasteiger partial charge in [0.15, 0.2) is 0 Å². The van der Waals surface area contributed by atoms with Crippen molar-refractivity contribution in [3.05, 3.63) is 35.4 Å². The number of nitrogens with zero attached hydrogens (tertiary/aromatic N) is 1. The molecule has 3 heteroatoms. The molecule has 1 aromatic carbocycles. The summed E-state index contributed by atoms with van der Waals surface area (Å²) in [7, 11) is 2.12. The summed E-state index contributed by atoms with van der Waals surface area (Å²) < 4.78 is 5.65. The smallest absolute Gasteiger partial charge is 0.0702 e. The zero-order valence-corrected chi connectivity index (χ0v) is 11.4. The van der Waals surface area contributed by atoms with Crippen molar-refractivity contribution in [2.24, 2.45) is 5.73 Å². The minimum Gasteiger partial charge on any atom is -0.377 e. The highest BCUT2D eigenvalue weighted by atomic mass is 16.5. The number of nitrogens with two attached hydrogens (primary N) is 1. The van der Waals surface area contributed by atoms with E-state index in [9.17, 15) is 0 Å². The van der Waals surface area contributed by atoms with Crippen LogP contribution < -0.4 is 5.73 Å². The van der Waals surface area contributed by atoms with Crippen LogP contribution in [0.5, 0.6) is 0 Å². The van der Waals surface area contributed by atoms with Gasteiger partial charge < -0.3 is 15.4 Å². The van der Waals surface area contributed by atoms with Crippen LogP contribution in [0.3, 0.4) is 0 Å². The summed E-state index contributed by atoms with van der Waals surface area (Å²) in [5.74, 6) is 0. The van der Waals surface area contributed by atoms with E-state index >= 15 is 0 Å². The minimum atomic E-state index is 0.0811. The first-order valence-electron chi connectivity index (χ1n) is 6.78. The number of rotatable bonds is 5. The molecule has 0 spiro atoms. The summed E-state index contributed by atoms with van der Waals surface area (Å²) >= 11 is 0. The predicted octanol–water partition coefficient (Wildman–Crippen LogP) is 2.11. The van der Waals surface area contributed by atoms with E-state index in [-0.39, 0.29) is 6.04 Å². The van der Waals surface area contributed by atoms with Crippen LogP contribution in [0.15, 0.2) is 24.3 Å². The fraction of sp³-hybridized carbons (Fsp3) is 0.600. The normalized spacial score (nSPS) is 21.4. The molecule has 0 saturated carbocycles.